The van der Waals surface area contributed by atoms with Crippen molar-refractivity contribution in [3.63, 3.8) is 0 Å². The van der Waals surface area contributed by atoms with Crippen molar-refractivity contribution in [1.29, 1.82) is 0 Å². The molecule has 2 aromatic heterocycles. The minimum atomic E-state index is -0.435. The van der Waals surface area contributed by atoms with Crippen LogP contribution in [0.4, 0.5) is 5.69 Å². The molecule has 0 unspecified atom stereocenters. The fraction of sp³-hybridized carbons (Fsp3) is 0.111. The summed E-state index contributed by atoms with van der Waals surface area (Å²) in [5.41, 5.74) is 7.08. The Bertz CT molecular complexity index is 1620. The molecule has 180 valence electrons. The van der Waals surface area contributed by atoms with Crippen molar-refractivity contribution < 1.29 is 9.21 Å². The van der Waals surface area contributed by atoms with Gasteiger partial charge in [0.25, 0.3) is 5.91 Å². The molecular weight excluding hydrogens is 494 g/mol. The maximum absolute atomic E-state index is 12.7. The number of furan rings is 1. The number of hydrogen-bond donors (Lipinski definition) is 2. The lowest BCUT2D eigenvalue weighted by atomic mass is 10.1. The molecule has 1 amide bonds. The maximum atomic E-state index is 12.7. The van der Waals surface area contributed by atoms with E-state index in [9.17, 15) is 4.79 Å². The first-order valence-corrected chi connectivity index (χ1v) is 12.0. The average Bonchev–Trinajstić information content (AvgIpc) is 3.49. The van der Waals surface area contributed by atoms with Crippen LogP contribution in [0, 0.1) is 20.8 Å². The standard InChI is InChI=1S/C27H22ClN5O2S/c1-15-4-5-18(12-16(15)2)24-10-11-25(35-24)26(34)30-27(36)29-21-14-23-22(13-17(21)3)31-33(32-23)20-8-6-19(28)7-9-20/h4-14H,1-3H3,(H2,29,30,34,36). The summed E-state index contributed by atoms with van der Waals surface area (Å²) in [7, 11) is 0. The van der Waals surface area contributed by atoms with Crippen LogP contribution in [0.3, 0.4) is 0 Å². The summed E-state index contributed by atoms with van der Waals surface area (Å²) >= 11 is 11.4. The molecule has 0 aliphatic carbocycles. The number of aromatic nitrogens is 3. The fourth-order valence-corrected chi connectivity index (χ4v) is 4.05. The predicted molar refractivity (Wildman–Crippen MR) is 146 cm³/mol. The Morgan fingerprint density at radius 3 is 2.33 bits per heavy atom. The van der Waals surface area contributed by atoms with Crippen molar-refractivity contribution in [3.05, 3.63) is 94.2 Å². The number of nitrogens with one attached hydrogen (secondary N) is 2. The van der Waals surface area contributed by atoms with Crippen molar-refractivity contribution in [3.8, 4) is 17.0 Å². The van der Waals surface area contributed by atoms with Crippen molar-refractivity contribution in [2.75, 3.05) is 5.32 Å². The number of carbonyl (C=O) groups is 1. The van der Waals surface area contributed by atoms with Crippen molar-refractivity contribution >= 4 is 51.6 Å². The third-order valence-corrected chi connectivity index (χ3v) is 6.34. The topological polar surface area (TPSA) is 85.0 Å². The summed E-state index contributed by atoms with van der Waals surface area (Å²) < 4.78 is 5.78. The number of benzene rings is 3. The Hall–Kier alpha value is -4.01. The second kappa shape index (κ2) is 9.56. The predicted octanol–water partition coefficient (Wildman–Crippen LogP) is 6.39. The smallest absolute Gasteiger partial charge is 0.293 e. The highest BCUT2D eigenvalue weighted by Gasteiger charge is 2.15. The van der Waals surface area contributed by atoms with Gasteiger partial charge in [-0.2, -0.15) is 4.80 Å². The number of anilines is 1. The molecule has 0 spiro atoms. The number of rotatable bonds is 4. The van der Waals surface area contributed by atoms with Crippen LogP contribution in [-0.4, -0.2) is 26.0 Å². The molecule has 3 aromatic carbocycles. The van der Waals surface area contributed by atoms with Gasteiger partial charge in [-0.05, 0) is 104 Å². The Morgan fingerprint density at radius 2 is 1.61 bits per heavy atom. The molecule has 0 aliphatic rings. The average molecular weight is 516 g/mol. The number of fused-ring (bicyclic) bond motifs is 1. The summed E-state index contributed by atoms with van der Waals surface area (Å²) in [6, 6.07) is 20.4. The van der Waals surface area contributed by atoms with Crippen LogP contribution in [0.5, 0.6) is 0 Å². The van der Waals surface area contributed by atoms with Crippen LogP contribution in [0.1, 0.15) is 27.2 Å². The molecule has 0 fully saturated rings. The molecule has 0 bridgehead atoms. The fourth-order valence-electron chi connectivity index (χ4n) is 3.72. The van der Waals surface area contributed by atoms with Crippen molar-refractivity contribution in [2.45, 2.75) is 20.8 Å². The van der Waals surface area contributed by atoms with Gasteiger partial charge < -0.3 is 9.73 Å². The largest absolute Gasteiger partial charge is 0.451 e. The summed E-state index contributed by atoms with van der Waals surface area (Å²) in [5, 5.41) is 15.6. The zero-order valence-electron chi connectivity index (χ0n) is 19.8. The molecule has 0 aliphatic heterocycles. The van der Waals surface area contributed by atoms with Gasteiger partial charge in [0, 0.05) is 16.3 Å². The SMILES string of the molecule is Cc1ccc(-c2ccc(C(=O)NC(=S)Nc3cc4nn(-c5ccc(Cl)cc5)nc4cc3C)o2)cc1C. The minimum Gasteiger partial charge on any atom is -0.451 e. The normalized spacial score (nSPS) is 11.0. The first-order valence-electron chi connectivity index (χ1n) is 11.2. The first-order chi connectivity index (χ1) is 17.3. The first kappa shape index (κ1) is 23.7. The van der Waals surface area contributed by atoms with Gasteiger partial charge in [-0.25, -0.2) is 0 Å². The summed E-state index contributed by atoms with van der Waals surface area (Å²) in [4.78, 5) is 14.3. The third kappa shape index (κ3) is 4.86. The molecule has 36 heavy (non-hydrogen) atoms. The lowest BCUT2D eigenvalue weighted by molar-refractivity contribution is 0.0951. The van der Waals surface area contributed by atoms with Crippen LogP contribution in [0.2, 0.25) is 5.02 Å². The molecular formula is C27H22ClN5O2S. The molecule has 5 rings (SSSR count). The number of carbonyl (C=O) groups excluding carboxylic acids is 1. The number of hydrogen-bond acceptors (Lipinski definition) is 5. The molecule has 2 heterocycles. The molecule has 0 radical (unpaired) electrons. The van der Waals surface area contributed by atoms with Crippen molar-refractivity contribution in [2.24, 2.45) is 0 Å². The Morgan fingerprint density at radius 1 is 0.889 bits per heavy atom. The van der Waals surface area contributed by atoms with E-state index < -0.39 is 5.91 Å². The van der Waals surface area contributed by atoms with Gasteiger partial charge in [0.2, 0.25) is 0 Å². The second-order valence-electron chi connectivity index (χ2n) is 8.49. The van der Waals surface area contributed by atoms with Crippen LogP contribution >= 0.6 is 23.8 Å². The van der Waals surface area contributed by atoms with E-state index in [4.69, 9.17) is 28.2 Å². The third-order valence-electron chi connectivity index (χ3n) is 5.88. The summed E-state index contributed by atoms with van der Waals surface area (Å²) in [6.45, 7) is 6.02. The Balaban J connectivity index is 1.29. The molecule has 9 heteroatoms. The minimum absolute atomic E-state index is 0.150. The van der Waals surface area contributed by atoms with Gasteiger partial charge >= 0.3 is 0 Å². The second-order valence-corrected chi connectivity index (χ2v) is 9.34. The van der Waals surface area contributed by atoms with Crippen LogP contribution in [0.15, 0.2) is 71.1 Å². The summed E-state index contributed by atoms with van der Waals surface area (Å²) in [6.07, 6.45) is 0. The van der Waals surface area contributed by atoms with Gasteiger partial charge in [0.05, 0.1) is 5.69 Å². The van der Waals surface area contributed by atoms with E-state index >= 15 is 0 Å². The lowest BCUT2D eigenvalue weighted by Gasteiger charge is -2.11. The van der Waals surface area contributed by atoms with Crippen LogP contribution < -0.4 is 10.6 Å². The van der Waals surface area contributed by atoms with E-state index in [1.165, 1.54) is 5.56 Å². The number of amides is 1. The van der Waals surface area contributed by atoms with Gasteiger partial charge in [0.1, 0.15) is 16.8 Å². The lowest BCUT2D eigenvalue weighted by Crippen LogP contribution is -2.34. The highest BCUT2D eigenvalue weighted by molar-refractivity contribution is 7.80. The highest BCUT2D eigenvalue weighted by atomic mass is 35.5. The number of aryl methyl sites for hydroxylation is 3. The Kier molecular flexibility index (Phi) is 6.30. The van der Waals surface area contributed by atoms with Gasteiger partial charge in [-0.15, -0.1) is 10.2 Å². The monoisotopic (exact) mass is 515 g/mol. The zero-order valence-corrected chi connectivity index (χ0v) is 21.4. The quantitative estimate of drug-likeness (QED) is 0.270. The maximum Gasteiger partial charge on any atom is 0.293 e. The van der Waals surface area contributed by atoms with E-state index in [-0.39, 0.29) is 10.9 Å². The van der Waals surface area contributed by atoms with Crippen LogP contribution in [-0.2, 0) is 0 Å². The van der Waals surface area contributed by atoms with E-state index in [1.807, 2.05) is 56.3 Å². The molecule has 7 nitrogen and oxygen atoms in total. The number of halogens is 1. The number of thiocarbonyl (C=S) groups is 1. The van der Waals surface area contributed by atoms with Crippen LogP contribution in [0.25, 0.3) is 28.0 Å². The Labute approximate surface area is 218 Å². The van der Waals surface area contributed by atoms with Crippen molar-refractivity contribution in [1.82, 2.24) is 20.3 Å². The van der Waals surface area contributed by atoms with Gasteiger partial charge in [0.15, 0.2) is 10.9 Å². The zero-order chi connectivity index (χ0) is 25.4. The molecule has 2 N–H and O–H groups in total. The van der Waals surface area contributed by atoms with E-state index in [2.05, 4.69) is 27.8 Å². The number of nitrogens with zero attached hydrogens (tertiary/aromatic N) is 3. The molecule has 0 saturated carbocycles. The van der Waals surface area contributed by atoms with E-state index in [1.54, 1.807) is 29.1 Å². The van der Waals surface area contributed by atoms with E-state index in [0.717, 1.165) is 27.9 Å². The molecule has 5 aromatic rings. The van der Waals surface area contributed by atoms with E-state index in [0.29, 0.717) is 22.0 Å². The summed E-state index contributed by atoms with van der Waals surface area (Å²) in [5.74, 6) is 0.354. The van der Waals surface area contributed by atoms with Gasteiger partial charge in [-0.1, -0.05) is 23.7 Å². The molecule has 0 atom stereocenters. The molecule has 0 saturated heterocycles. The van der Waals surface area contributed by atoms with Gasteiger partial charge in [-0.3, -0.25) is 10.1 Å². The highest BCUT2D eigenvalue weighted by Crippen LogP contribution is 2.25.